The first kappa shape index (κ1) is 29.5. The molecule has 0 unspecified atom stereocenters. The van der Waals surface area contributed by atoms with Crippen LogP contribution in [0.15, 0.2) is 52.9 Å². The SMILES string of the molecule is CC1(C)CC(=O)C=C(C(=O)NC[C@H](NC(=O)c2c(Cl)cc(CNC(=O)/C=C/c3ccco3)cc2Cl)C(=O)O)O1. The number of furan rings is 1. The first-order chi connectivity index (χ1) is 18.3. The first-order valence-electron chi connectivity index (χ1n) is 11.6. The first-order valence-corrected chi connectivity index (χ1v) is 12.3. The smallest absolute Gasteiger partial charge is 0.328 e. The molecule has 3 amide bonds. The van der Waals surface area contributed by atoms with Crippen molar-refractivity contribution in [1.29, 1.82) is 0 Å². The third-order valence-electron chi connectivity index (χ3n) is 5.31. The zero-order valence-corrected chi connectivity index (χ0v) is 22.4. The Balaban J connectivity index is 1.61. The highest BCUT2D eigenvalue weighted by atomic mass is 35.5. The van der Waals surface area contributed by atoms with Gasteiger partial charge in [0.05, 0.1) is 21.9 Å². The predicted molar refractivity (Wildman–Crippen MR) is 141 cm³/mol. The van der Waals surface area contributed by atoms with Crippen LogP contribution in [-0.2, 0) is 30.5 Å². The van der Waals surface area contributed by atoms with Gasteiger partial charge in [0.25, 0.3) is 11.8 Å². The third-order valence-corrected chi connectivity index (χ3v) is 5.91. The number of carboxylic acid groups (broad SMARTS) is 1. The minimum Gasteiger partial charge on any atom is -0.482 e. The van der Waals surface area contributed by atoms with Crippen LogP contribution in [0.2, 0.25) is 10.0 Å². The summed E-state index contributed by atoms with van der Waals surface area (Å²) in [5.41, 5.74) is -0.589. The second-order valence-corrected chi connectivity index (χ2v) is 9.90. The summed E-state index contributed by atoms with van der Waals surface area (Å²) in [6, 6.07) is 4.62. The van der Waals surface area contributed by atoms with Crippen molar-refractivity contribution in [2.75, 3.05) is 6.54 Å². The zero-order valence-electron chi connectivity index (χ0n) is 20.9. The maximum absolute atomic E-state index is 12.8. The molecule has 1 aliphatic rings. The van der Waals surface area contributed by atoms with Crippen LogP contribution in [0.25, 0.3) is 6.08 Å². The minimum atomic E-state index is -1.55. The number of ether oxygens (including phenoxy) is 1. The molecule has 206 valence electrons. The number of hydrogen-bond donors (Lipinski definition) is 4. The molecule has 1 aliphatic heterocycles. The number of carbonyl (C=O) groups excluding carboxylic acids is 4. The minimum absolute atomic E-state index is 0.0453. The molecule has 1 atom stereocenters. The van der Waals surface area contributed by atoms with Gasteiger partial charge in [-0.25, -0.2) is 4.79 Å². The lowest BCUT2D eigenvalue weighted by Crippen LogP contribution is -2.49. The van der Waals surface area contributed by atoms with E-state index >= 15 is 0 Å². The Kier molecular flexibility index (Phi) is 9.55. The number of carbonyl (C=O) groups is 5. The van der Waals surface area contributed by atoms with E-state index in [2.05, 4.69) is 16.0 Å². The van der Waals surface area contributed by atoms with Gasteiger partial charge in [0.2, 0.25) is 5.91 Å². The summed E-state index contributed by atoms with van der Waals surface area (Å²) in [4.78, 5) is 60.8. The van der Waals surface area contributed by atoms with Crippen LogP contribution >= 0.6 is 23.2 Å². The van der Waals surface area contributed by atoms with Crippen molar-refractivity contribution in [3.8, 4) is 0 Å². The zero-order chi connectivity index (χ0) is 28.7. The molecule has 0 saturated heterocycles. The molecule has 39 heavy (non-hydrogen) atoms. The van der Waals surface area contributed by atoms with Gasteiger partial charge in [-0.15, -0.1) is 0 Å². The number of nitrogens with one attached hydrogen (secondary N) is 3. The van der Waals surface area contributed by atoms with E-state index in [9.17, 15) is 29.1 Å². The molecule has 0 aliphatic carbocycles. The molecule has 13 heteroatoms. The monoisotopic (exact) mass is 577 g/mol. The molecule has 3 rings (SSSR count). The maximum Gasteiger partial charge on any atom is 0.328 e. The number of aliphatic carboxylic acids is 1. The van der Waals surface area contributed by atoms with Crippen molar-refractivity contribution in [3.05, 3.63) is 75.4 Å². The third kappa shape index (κ3) is 8.45. The van der Waals surface area contributed by atoms with E-state index in [1.54, 1.807) is 26.0 Å². The lowest BCUT2D eigenvalue weighted by molar-refractivity contribution is -0.139. The van der Waals surface area contributed by atoms with E-state index in [-0.39, 0.29) is 40.1 Å². The highest BCUT2D eigenvalue weighted by Crippen LogP contribution is 2.27. The van der Waals surface area contributed by atoms with Crippen LogP contribution < -0.4 is 16.0 Å². The topological polar surface area (TPSA) is 164 Å². The standard InChI is InChI=1S/C26H25Cl2N3O8/c1-26(2)11-15(32)10-20(39-26)23(34)30-13-19(25(36)37)31-24(35)22-17(27)8-14(9-18(22)28)12-29-21(33)6-5-16-4-3-7-38-16/h3-10,19H,11-13H2,1-2H3,(H,29,33)(H,30,34)(H,31,35)(H,36,37)/b6-5+/t19-/m0/s1. The molecule has 0 fully saturated rings. The van der Waals surface area contributed by atoms with Crippen LogP contribution in [0.4, 0.5) is 0 Å². The molecular formula is C26H25Cl2N3O8. The molecule has 1 aromatic heterocycles. The van der Waals surface area contributed by atoms with Crippen LogP contribution in [0.3, 0.4) is 0 Å². The van der Waals surface area contributed by atoms with Gasteiger partial charge in [0, 0.05) is 31.7 Å². The fourth-order valence-electron chi connectivity index (χ4n) is 3.54. The van der Waals surface area contributed by atoms with E-state index in [1.165, 1.54) is 30.5 Å². The largest absolute Gasteiger partial charge is 0.482 e. The van der Waals surface area contributed by atoms with E-state index in [0.717, 1.165) is 6.08 Å². The van der Waals surface area contributed by atoms with Gasteiger partial charge in [-0.2, -0.15) is 0 Å². The van der Waals surface area contributed by atoms with Crippen molar-refractivity contribution in [3.63, 3.8) is 0 Å². The predicted octanol–water partition coefficient (Wildman–Crippen LogP) is 2.87. The molecule has 4 N–H and O–H groups in total. The average Bonchev–Trinajstić information content (AvgIpc) is 3.35. The lowest BCUT2D eigenvalue weighted by atomic mass is 9.98. The van der Waals surface area contributed by atoms with Gasteiger partial charge in [0.1, 0.15) is 17.4 Å². The maximum atomic E-state index is 12.8. The van der Waals surface area contributed by atoms with Gasteiger partial charge >= 0.3 is 5.97 Å². The van der Waals surface area contributed by atoms with Crippen molar-refractivity contribution in [2.24, 2.45) is 0 Å². The Labute approximate surface area is 233 Å². The average molecular weight is 578 g/mol. The van der Waals surface area contributed by atoms with Crippen molar-refractivity contribution in [2.45, 2.75) is 38.5 Å². The molecule has 0 radical (unpaired) electrons. The van der Waals surface area contributed by atoms with Crippen molar-refractivity contribution >= 4 is 58.8 Å². The van der Waals surface area contributed by atoms with E-state index in [0.29, 0.717) is 11.3 Å². The normalized spacial score (nSPS) is 15.2. The molecule has 0 saturated carbocycles. The van der Waals surface area contributed by atoms with Gasteiger partial charge in [0.15, 0.2) is 11.5 Å². The van der Waals surface area contributed by atoms with Crippen LogP contribution in [-0.4, -0.2) is 52.8 Å². The Hall–Kier alpha value is -4.09. The number of amides is 3. The van der Waals surface area contributed by atoms with E-state index in [4.69, 9.17) is 32.4 Å². The number of ketones is 1. The Morgan fingerprint density at radius 1 is 1.13 bits per heavy atom. The highest BCUT2D eigenvalue weighted by molar-refractivity contribution is 6.39. The summed E-state index contributed by atoms with van der Waals surface area (Å²) in [6.45, 7) is 2.80. The Bertz CT molecular complexity index is 1330. The molecule has 0 bridgehead atoms. The molecule has 2 aromatic rings. The van der Waals surface area contributed by atoms with E-state index in [1.807, 2.05) is 0 Å². The van der Waals surface area contributed by atoms with Crippen LogP contribution in [0.1, 0.15) is 41.9 Å². The molecular weight excluding hydrogens is 553 g/mol. The van der Waals surface area contributed by atoms with Crippen molar-refractivity contribution < 1.29 is 38.2 Å². The summed E-state index contributed by atoms with van der Waals surface area (Å²) >= 11 is 12.5. The fraction of sp³-hybridized carbons (Fsp3) is 0.269. The molecule has 11 nitrogen and oxygen atoms in total. The summed E-state index contributed by atoms with van der Waals surface area (Å²) in [7, 11) is 0. The molecule has 2 heterocycles. The Morgan fingerprint density at radius 2 is 1.82 bits per heavy atom. The number of carboxylic acids is 1. The number of halogens is 2. The highest BCUT2D eigenvalue weighted by Gasteiger charge is 2.32. The van der Waals surface area contributed by atoms with Crippen LogP contribution in [0, 0.1) is 0 Å². The molecule has 1 aromatic carbocycles. The number of rotatable bonds is 10. The van der Waals surface area contributed by atoms with Crippen molar-refractivity contribution in [1.82, 2.24) is 16.0 Å². The Morgan fingerprint density at radius 3 is 2.41 bits per heavy atom. The summed E-state index contributed by atoms with van der Waals surface area (Å²) < 4.78 is 10.6. The van der Waals surface area contributed by atoms with Gasteiger partial charge in [-0.05, 0) is 49.8 Å². The summed E-state index contributed by atoms with van der Waals surface area (Å²) in [5.74, 6) is -3.61. The van der Waals surface area contributed by atoms with Crippen LogP contribution in [0.5, 0.6) is 0 Å². The summed E-state index contributed by atoms with van der Waals surface area (Å²) in [6.07, 6.45) is 5.37. The molecule has 0 spiro atoms. The second-order valence-electron chi connectivity index (χ2n) is 9.09. The quantitative estimate of drug-likeness (QED) is 0.313. The lowest BCUT2D eigenvalue weighted by Gasteiger charge is -2.30. The second kappa shape index (κ2) is 12.6. The fourth-order valence-corrected chi connectivity index (χ4v) is 4.24. The number of allylic oxidation sites excluding steroid dienone is 1. The van der Waals surface area contributed by atoms with E-state index < -0.39 is 41.9 Å². The van der Waals surface area contributed by atoms with Gasteiger partial charge < -0.3 is 30.2 Å². The van der Waals surface area contributed by atoms with Gasteiger partial charge in [-0.3, -0.25) is 19.2 Å². The number of benzene rings is 1. The van der Waals surface area contributed by atoms with Gasteiger partial charge in [-0.1, -0.05) is 23.2 Å². The summed E-state index contributed by atoms with van der Waals surface area (Å²) in [5, 5.41) is 16.6. The number of hydrogen-bond acceptors (Lipinski definition) is 7.